The van der Waals surface area contributed by atoms with Crippen LogP contribution in [0.5, 0.6) is 0 Å². The number of carbonyl (C=O) groups is 1. The molecule has 0 spiro atoms. The predicted octanol–water partition coefficient (Wildman–Crippen LogP) is 2.96. The zero-order chi connectivity index (χ0) is 14.1. The Balaban J connectivity index is 1.90. The summed E-state index contributed by atoms with van der Waals surface area (Å²) in [4.78, 5) is 11.1. The van der Waals surface area contributed by atoms with E-state index in [0.29, 0.717) is 11.8 Å². The lowest BCUT2D eigenvalue weighted by atomic mass is 9.80. The highest BCUT2D eigenvalue weighted by Crippen LogP contribution is 2.31. The van der Waals surface area contributed by atoms with Gasteiger partial charge < -0.3 is 5.11 Å². The van der Waals surface area contributed by atoms with Crippen LogP contribution in [0.1, 0.15) is 43.0 Å². The molecule has 0 amide bonds. The maximum Gasteiger partial charge on any atom is 0.335 e. The zero-order valence-electron chi connectivity index (χ0n) is 11.6. The Morgan fingerprint density at radius 1 is 1.40 bits per heavy atom. The molecule has 1 saturated carbocycles. The summed E-state index contributed by atoms with van der Waals surface area (Å²) in [5.74, 6) is 0.401. The van der Waals surface area contributed by atoms with Crippen LogP contribution in [-0.2, 0) is 6.54 Å². The number of aromatic carboxylic acids is 1. The molecule has 0 saturated heterocycles. The number of fused-ring (bicyclic) bond motifs is 1. The van der Waals surface area contributed by atoms with E-state index < -0.39 is 5.97 Å². The van der Waals surface area contributed by atoms with Crippen LogP contribution >= 0.6 is 0 Å². The first-order chi connectivity index (χ1) is 9.65. The van der Waals surface area contributed by atoms with E-state index >= 15 is 0 Å². The molecule has 1 aliphatic rings. The smallest absolute Gasteiger partial charge is 0.335 e. The first-order valence-corrected chi connectivity index (χ1v) is 7.21. The fourth-order valence-electron chi connectivity index (χ4n) is 3.12. The highest BCUT2D eigenvalue weighted by molar-refractivity contribution is 5.92. The number of aromatic nitrogens is 3. The van der Waals surface area contributed by atoms with Gasteiger partial charge in [-0.2, -0.15) is 0 Å². The standard InChI is InChI=1S/C15H19N3O2/c1-10-4-2-3-5-12(10)9-18-14-8-11(15(19)20)6-7-13(14)16-17-18/h6-8,10,12H,2-5,9H2,1H3,(H,19,20). The molecular weight excluding hydrogens is 254 g/mol. The summed E-state index contributed by atoms with van der Waals surface area (Å²) in [6, 6.07) is 4.98. The first kappa shape index (κ1) is 13.1. The van der Waals surface area contributed by atoms with Crippen molar-refractivity contribution in [3.63, 3.8) is 0 Å². The van der Waals surface area contributed by atoms with E-state index in [1.165, 1.54) is 25.7 Å². The minimum Gasteiger partial charge on any atom is -0.478 e. The quantitative estimate of drug-likeness (QED) is 0.933. The molecule has 1 heterocycles. The normalized spacial score (nSPS) is 23.1. The van der Waals surface area contributed by atoms with E-state index in [-0.39, 0.29) is 5.56 Å². The fourth-order valence-corrected chi connectivity index (χ4v) is 3.12. The Kier molecular flexibility index (Phi) is 3.42. The average molecular weight is 273 g/mol. The molecule has 2 aromatic rings. The summed E-state index contributed by atoms with van der Waals surface area (Å²) in [6.07, 6.45) is 5.10. The van der Waals surface area contributed by atoms with Crippen LogP contribution < -0.4 is 0 Å². The van der Waals surface area contributed by atoms with Gasteiger partial charge in [-0.3, -0.25) is 0 Å². The van der Waals surface area contributed by atoms with Crippen molar-refractivity contribution in [3.05, 3.63) is 23.8 Å². The van der Waals surface area contributed by atoms with Gasteiger partial charge in [0.2, 0.25) is 0 Å². The number of hydrogen-bond acceptors (Lipinski definition) is 3. The Morgan fingerprint density at radius 2 is 2.20 bits per heavy atom. The molecule has 2 unspecified atom stereocenters. The number of rotatable bonds is 3. The maximum absolute atomic E-state index is 11.1. The molecule has 3 rings (SSSR count). The third-order valence-electron chi connectivity index (χ3n) is 4.46. The maximum atomic E-state index is 11.1. The van der Waals surface area contributed by atoms with Gasteiger partial charge in [0.25, 0.3) is 0 Å². The van der Waals surface area contributed by atoms with Gasteiger partial charge in [-0.15, -0.1) is 5.10 Å². The summed E-state index contributed by atoms with van der Waals surface area (Å²) in [5, 5.41) is 17.4. The molecule has 20 heavy (non-hydrogen) atoms. The number of carboxylic acids is 1. The second kappa shape index (κ2) is 5.23. The molecule has 2 atom stereocenters. The van der Waals surface area contributed by atoms with Gasteiger partial charge in [0, 0.05) is 6.54 Å². The second-order valence-electron chi connectivity index (χ2n) is 5.80. The van der Waals surface area contributed by atoms with E-state index in [1.807, 2.05) is 4.68 Å². The van der Waals surface area contributed by atoms with Gasteiger partial charge in [0.05, 0.1) is 11.1 Å². The molecule has 1 aromatic heterocycles. The van der Waals surface area contributed by atoms with Crippen molar-refractivity contribution in [2.45, 2.75) is 39.2 Å². The third-order valence-corrected chi connectivity index (χ3v) is 4.46. The van der Waals surface area contributed by atoms with Crippen LogP contribution in [0.2, 0.25) is 0 Å². The Bertz CT molecular complexity index is 635. The van der Waals surface area contributed by atoms with Gasteiger partial charge in [-0.05, 0) is 36.5 Å². The topological polar surface area (TPSA) is 68.0 Å². The summed E-state index contributed by atoms with van der Waals surface area (Å²) in [6.45, 7) is 3.13. The van der Waals surface area contributed by atoms with Crippen LogP contribution in [0, 0.1) is 11.8 Å². The molecule has 5 heteroatoms. The molecule has 0 radical (unpaired) electrons. The first-order valence-electron chi connectivity index (χ1n) is 7.21. The van der Waals surface area contributed by atoms with E-state index in [4.69, 9.17) is 5.11 Å². The SMILES string of the molecule is CC1CCCCC1Cn1nnc2ccc(C(=O)O)cc21. The van der Waals surface area contributed by atoms with Crippen LogP contribution in [0.4, 0.5) is 0 Å². The van der Waals surface area contributed by atoms with Gasteiger partial charge in [-0.25, -0.2) is 9.48 Å². The largest absolute Gasteiger partial charge is 0.478 e. The monoisotopic (exact) mass is 273 g/mol. The van der Waals surface area contributed by atoms with Crippen LogP contribution in [0.15, 0.2) is 18.2 Å². The molecule has 1 N–H and O–H groups in total. The lowest BCUT2D eigenvalue weighted by Gasteiger charge is -2.28. The van der Waals surface area contributed by atoms with Crippen LogP contribution in [0.25, 0.3) is 11.0 Å². The van der Waals surface area contributed by atoms with Crippen molar-refractivity contribution in [2.75, 3.05) is 0 Å². The lowest BCUT2D eigenvalue weighted by Crippen LogP contribution is -2.22. The Hall–Kier alpha value is -1.91. The second-order valence-corrected chi connectivity index (χ2v) is 5.80. The number of hydrogen-bond donors (Lipinski definition) is 1. The average Bonchev–Trinajstić information content (AvgIpc) is 2.84. The minimum atomic E-state index is -0.911. The lowest BCUT2D eigenvalue weighted by molar-refractivity contribution is 0.0697. The van der Waals surface area contributed by atoms with E-state index in [2.05, 4.69) is 17.2 Å². The molecule has 5 nitrogen and oxygen atoms in total. The molecular formula is C15H19N3O2. The van der Waals surface area contributed by atoms with Crippen molar-refractivity contribution in [3.8, 4) is 0 Å². The molecule has 1 fully saturated rings. The number of benzene rings is 1. The fraction of sp³-hybridized carbons (Fsp3) is 0.533. The van der Waals surface area contributed by atoms with E-state index in [0.717, 1.165) is 17.6 Å². The highest BCUT2D eigenvalue weighted by Gasteiger charge is 2.22. The molecule has 1 aliphatic carbocycles. The number of carboxylic acid groups (broad SMARTS) is 1. The van der Waals surface area contributed by atoms with Crippen molar-refractivity contribution in [1.82, 2.24) is 15.0 Å². The summed E-state index contributed by atoms with van der Waals surface area (Å²) in [7, 11) is 0. The van der Waals surface area contributed by atoms with Crippen molar-refractivity contribution in [1.29, 1.82) is 0 Å². The highest BCUT2D eigenvalue weighted by atomic mass is 16.4. The minimum absolute atomic E-state index is 0.290. The molecule has 0 aliphatic heterocycles. The predicted molar refractivity (Wildman–Crippen MR) is 75.6 cm³/mol. The van der Waals surface area contributed by atoms with Crippen LogP contribution in [0.3, 0.4) is 0 Å². The van der Waals surface area contributed by atoms with Crippen molar-refractivity contribution >= 4 is 17.0 Å². The van der Waals surface area contributed by atoms with Gasteiger partial charge in [-0.1, -0.05) is 31.4 Å². The Labute approximate surface area is 117 Å². The Morgan fingerprint density at radius 3 is 2.95 bits per heavy atom. The van der Waals surface area contributed by atoms with Gasteiger partial charge in [0.1, 0.15) is 5.52 Å². The zero-order valence-corrected chi connectivity index (χ0v) is 11.6. The third kappa shape index (κ3) is 2.40. The number of nitrogens with zero attached hydrogens (tertiary/aromatic N) is 3. The summed E-state index contributed by atoms with van der Waals surface area (Å²) >= 11 is 0. The van der Waals surface area contributed by atoms with E-state index in [1.54, 1.807) is 18.2 Å². The van der Waals surface area contributed by atoms with Crippen LogP contribution in [-0.4, -0.2) is 26.1 Å². The van der Waals surface area contributed by atoms with Gasteiger partial charge >= 0.3 is 5.97 Å². The van der Waals surface area contributed by atoms with Gasteiger partial charge in [0.15, 0.2) is 0 Å². The summed E-state index contributed by atoms with van der Waals surface area (Å²) < 4.78 is 1.87. The van der Waals surface area contributed by atoms with E-state index in [9.17, 15) is 4.79 Å². The molecule has 106 valence electrons. The van der Waals surface area contributed by atoms with Crippen molar-refractivity contribution in [2.24, 2.45) is 11.8 Å². The van der Waals surface area contributed by atoms with Crippen molar-refractivity contribution < 1.29 is 9.90 Å². The molecule has 1 aromatic carbocycles. The molecule has 0 bridgehead atoms. The summed E-state index contributed by atoms with van der Waals surface area (Å²) in [5.41, 5.74) is 1.87.